The van der Waals surface area contributed by atoms with Gasteiger partial charge in [-0.2, -0.15) is 0 Å². The molecule has 1 heterocycles. The molecular weight excluding hydrogens is 302 g/mol. The second-order valence-electron chi connectivity index (χ2n) is 5.60. The molecular formula is C15H25N3O3S. The lowest BCUT2D eigenvalue weighted by Gasteiger charge is -2.22. The van der Waals surface area contributed by atoms with E-state index in [2.05, 4.69) is 10.3 Å². The van der Waals surface area contributed by atoms with Crippen LogP contribution in [0.3, 0.4) is 0 Å². The summed E-state index contributed by atoms with van der Waals surface area (Å²) < 4.78 is 5.01. The number of hydrogen-bond donors (Lipinski definition) is 1. The Hall–Kier alpha value is -1.47. The van der Waals surface area contributed by atoms with Gasteiger partial charge in [-0.1, -0.05) is 13.8 Å². The molecule has 0 unspecified atom stereocenters. The fraction of sp³-hybridized carbons (Fsp3) is 0.667. The highest BCUT2D eigenvalue weighted by Gasteiger charge is 2.18. The lowest BCUT2D eigenvalue weighted by molar-refractivity contribution is -0.135. The number of rotatable bonds is 9. The van der Waals surface area contributed by atoms with Crippen molar-refractivity contribution in [3.05, 3.63) is 11.1 Å². The summed E-state index contributed by atoms with van der Waals surface area (Å²) in [5, 5.41) is 5.17. The van der Waals surface area contributed by atoms with Gasteiger partial charge in [0.15, 0.2) is 5.13 Å². The highest BCUT2D eigenvalue weighted by Crippen LogP contribution is 2.14. The van der Waals surface area contributed by atoms with Crippen molar-refractivity contribution in [1.29, 1.82) is 0 Å². The van der Waals surface area contributed by atoms with Gasteiger partial charge in [0.25, 0.3) is 0 Å². The van der Waals surface area contributed by atoms with E-state index in [1.807, 2.05) is 26.2 Å². The van der Waals surface area contributed by atoms with Crippen molar-refractivity contribution in [3.8, 4) is 0 Å². The Labute approximate surface area is 135 Å². The Morgan fingerprint density at radius 1 is 1.45 bits per heavy atom. The first-order valence-corrected chi connectivity index (χ1v) is 8.29. The molecule has 0 aliphatic carbocycles. The average molecular weight is 327 g/mol. The van der Waals surface area contributed by atoms with Gasteiger partial charge in [-0.05, 0) is 19.3 Å². The molecule has 1 rings (SSSR count). The molecule has 22 heavy (non-hydrogen) atoms. The van der Waals surface area contributed by atoms with Crippen LogP contribution in [0.5, 0.6) is 0 Å². The molecule has 124 valence electrons. The second kappa shape index (κ2) is 9.53. The molecule has 1 aromatic rings. The average Bonchev–Trinajstić information content (AvgIpc) is 2.82. The molecule has 0 bridgehead atoms. The number of aromatic nitrogens is 1. The first kappa shape index (κ1) is 18.6. The number of carbonyl (C=O) groups excluding carboxylic acids is 2. The number of aryl methyl sites for hydroxylation is 1. The Kier molecular flexibility index (Phi) is 8.05. The van der Waals surface area contributed by atoms with Crippen molar-refractivity contribution in [3.63, 3.8) is 0 Å². The predicted octanol–water partition coefficient (Wildman–Crippen LogP) is 2.30. The van der Waals surface area contributed by atoms with E-state index in [4.69, 9.17) is 4.74 Å². The summed E-state index contributed by atoms with van der Waals surface area (Å²) in [6.45, 7) is 6.99. The molecule has 6 nitrogen and oxygen atoms in total. The fourth-order valence-electron chi connectivity index (χ4n) is 1.91. The van der Waals surface area contributed by atoms with E-state index >= 15 is 0 Å². The van der Waals surface area contributed by atoms with Crippen LogP contribution >= 0.6 is 11.3 Å². The molecule has 0 aromatic carbocycles. The summed E-state index contributed by atoms with van der Waals surface area (Å²) >= 11 is 1.38. The van der Waals surface area contributed by atoms with Crippen molar-refractivity contribution < 1.29 is 14.3 Å². The first-order valence-electron chi connectivity index (χ1n) is 7.41. The summed E-state index contributed by atoms with van der Waals surface area (Å²) in [6, 6.07) is 0. The highest BCUT2D eigenvalue weighted by atomic mass is 32.1. The minimum Gasteiger partial charge on any atom is -0.385 e. The van der Waals surface area contributed by atoms with Crippen molar-refractivity contribution in [1.82, 2.24) is 9.88 Å². The maximum atomic E-state index is 12.2. The largest absolute Gasteiger partial charge is 0.385 e. The molecule has 2 amide bonds. The van der Waals surface area contributed by atoms with E-state index in [1.54, 1.807) is 12.0 Å². The lowest BCUT2D eigenvalue weighted by atomic mass is 10.1. The third-order valence-corrected chi connectivity index (χ3v) is 3.79. The zero-order valence-corrected chi connectivity index (χ0v) is 14.5. The molecule has 0 radical (unpaired) electrons. The van der Waals surface area contributed by atoms with Gasteiger partial charge < -0.3 is 15.0 Å². The van der Waals surface area contributed by atoms with Crippen LogP contribution in [0.1, 0.15) is 32.4 Å². The van der Waals surface area contributed by atoms with Crippen molar-refractivity contribution in [2.24, 2.45) is 5.92 Å². The van der Waals surface area contributed by atoms with Crippen LogP contribution in [0.2, 0.25) is 0 Å². The zero-order chi connectivity index (χ0) is 16.5. The fourth-order valence-corrected chi connectivity index (χ4v) is 2.62. The van der Waals surface area contributed by atoms with E-state index in [0.29, 0.717) is 31.1 Å². The zero-order valence-electron chi connectivity index (χ0n) is 13.7. The summed E-state index contributed by atoms with van der Waals surface area (Å²) in [5.41, 5.74) is 0.869. The molecule has 0 spiro atoms. The van der Waals surface area contributed by atoms with Gasteiger partial charge in [0.05, 0.1) is 12.2 Å². The predicted molar refractivity (Wildman–Crippen MR) is 88.0 cm³/mol. The quantitative estimate of drug-likeness (QED) is 0.707. The van der Waals surface area contributed by atoms with Gasteiger partial charge >= 0.3 is 0 Å². The molecule has 0 saturated carbocycles. The second-order valence-corrected chi connectivity index (χ2v) is 6.46. The molecule has 1 N–H and O–H groups in total. The topological polar surface area (TPSA) is 71.5 Å². The van der Waals surface area contributed by atoms with Crippen molar-refractivity contribution >= 4 is 28.3 Å². The molecule has 0 aliphatic rings. The maximum Gasteiger partial charge on any atom is 0.245 e. The monoisotopic (exact) mass is 327 g/mol. The van der Waals surface area contributed by atoms with Crippen LogP contribution < -0.4 is 5.32 Å². The van der Waals surface area contributed by atoms with Crippen LogP contribution in [0.25, 0.3) is 0 Å². The number of hydrogen-bond acceptors (Lipinski definition) is 5. The number of nitrogens with one attached hydrogen (secondary N) is 1. The van der Waals surface area contributed by atoms with E-state index in [1.165, 1.54) is 11.3 Å². The first-order chi connectivity index (χ1) is 10.4. The Balaban J connectivity index is 2.57. The summed E-state index contributed by atoms with van der Waals surface area (Å²) in [6.07, 6.45) is 1.15. The van der Waals surface area contributed by atoms with Crippen LogP contribution in [0, 0.1) is 12.8 Å². The summed E-state index contributed by atoms with van der Waals surface area (Å²) in [7, 11) is 1.62. The normalized spacial score (nSPS) is 10.8. The molecule has 0 saturated heterocycles. The molecule has 0 fully saturated rings. The van der Waals surface area contributed by atoms with Gasteiger partial charge in [0.2, 0.25) is 11.8 Å². The number of amides is 2. The Morgan fingerprint density at radius 3 is 2.73 bits per heavy atom. The highest BCUT2D eigenvalue weighted by molar-refractivity contribution is 7.13. The number of methoxy groups -OCH3 is 1. The third-order valence-electron chi connectivity index (χ3n) is 2.91. The number of thiazole rings is 1. The molecule has 1 aromatic heterocycles. The number of ether oxygens (including phenoxy) is 1. The minimum atomic E-state index is -0.219. The van der Waals surface area contributed by atoms with E-state index in [0.717, 1.165) is 5.69 Å². The molecule has 0 aliphatic heterocycles. The van der Waals surface area contributed by atoms with Crippen LogP contribution in [0.4, 0.5) is 5.13 Å². The van der Waals surface area contributed by atoms with Crippen LogP contribution in [-0.4, -0.2) is 48.5 Å². The van der Waals surface area contributed by atoms with Gasteiger partial charge in [-0.3, -0.25) is 9.59 Å². The Bertz CT molecular complexity index is 488. The SMILES string of the molecule is COCCCN(CC(=O)Nc1nc(C)cs1)C(=O)CC(C)C. The molecule has 7 heteroatoms. The standard InChI is InChI=1S/C15H25N3O3S/c1-11(2)8-14(20)18(6-5-7-21-4)9-13(19)17-15-16-12(3)10-22-15/h10-11H,5-9H2,1-4H3,(H,16,17,19). The number of carbonyl (C=O) groups is 2. The smallest absolute Gasteiger partial charge is 0.245 e. The van der Waals surface area contributed by atoms with Gasteiger partial charge in [-0.25, -0.2) is 4.98 Å². The summed E-state index contributed by atoms with van der Waals surface area (Å²) in [5.74, 6) is 0.0440. The van der Waals surface area contributed by atoms with Crippen molar-refractivity contribution in [2.45, 2.75) is 33.6 Å². The van der Waals surface area contributed by atoms with Gasteiger partial charge in [0, 0.05) is 32.1 Å². The van der Waals surface area contributed by atoms with E-state index < -0.39 is 0 Å². The van der Waals surface area contributed by atoms with E-state index in [9.17, 15) is 9.59 Å². The maximum absolute atomic E-state index is 12.2. The van der Waals surface area contributed by atoms with E-state index in [-0.39, 0.29) is 24.3 Å². The summed E-state index contributed by atoms with van der Waals surface area (Å²) in [4.78, 5) is 30.1. The van der Waals surface area contributed by atoms with Crippen LogP contribution in [-0.2, 0) is 14.3 Å². The minimum absolute atomic E-state index is 0.00317. The third kappa shape index (κ3) is 7.00. The van der Waals surface area contributed by atoms with Gasteiger partial charge in [0.1, 0.15) is 0 Å². The molecule has 0 atom stereocenters. The van der Waals surface area contributed by atoms with Crippen molar-refractivity contribution in [2.75, 3.05) is 32.1 Å². The lowest BCUT2D eigenvalue weighted by Crippen LogP contribution is -2.39. The van der Waals surface area contributed by atoms with Crippen LogP contribution in [0.15, 0.2) is 5.38 Å². The Morgan fingerprint density at radius 2 is 2.18 bits per heavy atom. The number of nitrogens with zero attached hydrogens (tertiary/aromatic N) is 2. The van der Waals surface area contributed by atoms with Gasteiger partial charge in [-0.15, -0.1) is 11.3 Å². The number of anilines is 1.